The highest BCUT2D eigenvalue weighted by Gasteiger charge is 2.32. The topological polar surface area (TPSA) is 15.3 Å². The second-order valence-electron chi connectivity index (χ2n) is 5.43. The van der Waals surface area contributed by atoms with Crippen LogP contribution in [0.2, 0.25) is 0 Å². The van der Waals surface area contributed by atoms with Crippen LogP contribution >= 0.6 is 11.8 Å². The lowest BCUT2D eigenvalue weighted by Gasteiger charge is -2.27. The zero-order valence-corrected chi connectivity index (χ0v) is 12.0. The van der Waals surface area contributed by atoms with Gasteiger partial charge in [-0.2, -0.15) is 0 Å². The number of hydrogen-bond donors (Lipinski definition) is 1. The fourth-order valence-corrected chi connectivity index (χ4v) is 2.84. The predicted molar refractivity (Wildman–Crippen MR) is 77.1 cm³/mol. The van der Waals surface area contributed by atoms with Crippen LogP contribution in [0.1, 0.15) is 20.3 Å². The minimum Gasteiger partial charge on any atom is -0.370 e. The molecule has 17 heavy (non-hydrogen) atoms. The van der Waals surface area contributed by atoms with Crippen molar-refractivity contribution in [3.05, 3.63) is 24.3 Å². The third-order valence-corrected chi connectivity index (χ3v) is 4.33. The second-order valence-corrected chi connectivity index (χ2v) is 6.31. The van der Waals surface area contributed by atoms with Crippen molar-refractivity contribution >= 4 is 17.4 Å². The van der Waals surface area contributed by atoms with E-state index in [1.165, 1.54) is 17.0 Å². The van der Waals surface area contributed by atoms with Crippen molar-refractivity contribution < 1.29 is 0 Å². The summed E-state index contributed by atoms with van der Waals surface area (Å²) in [5.74, 6) is 0. The van der Waals surface area contributed by atoms with Gasteiger partial charge in [-0.05, 0) is 50.8 Å². The van der Waals surface area contributed by atoms with E-state index >= 15 is 0 Å². The van der Waals surface area contributed by atoms with Crippen molar-refractivity contribution in [2.24, 2.45) is 0 Å². The van der Waals surface area contributed by atoms with Crippen LogP contribution in [-0.2, 0) is 0 Å². The highest BCUT2D eigenvalue weighted by Crippen LogP contribution is 2.26. The van der Waals surface area contributed by atoms with Gasteiger partial charge >= 0.3 is 0 Å². The molecule has 1 fully saturated rings. The van der Waals surface area contributed by atoms with Crippen LogP contribution in [0.4, 0.5) is 5.69 Å². The summed E-state index contributed by atoms with van der Waals surface area (Å²) in [6, 6.07) is 9.44. The molecule has 1 aliphatic rings. The fourth-order valence-electron chi connectivity index (χ4n) is 2.43. The van der Waals surface area contributed by atoms with Gasteiger partial charge in [-0.25, -0.2) is 0 Å². The first-order valence-electron chi connectivity index (χ1n) is 6.14. The average Bonchev–Trinajstić information content (AvgIpc) is 2.69. The van der Waals surface area contributed by atoms with Crippen molar-refractivity contribution in [3.63, 3.8) is 0 Å². The van der Waals surface area contributed by atoms with Gasteiger partial charge in [0.1, 0.15) is 0 Å². The highest BCUT2D eigenvalue weighted by atomic mass is 32.2. The van der Waals surface area contributed by atoms with Crippen LogP contribution in [-0.4, -0.2) is 31.4 Å². The summed E-state index contributed by atoms with van der Waals surface area (Å²) >= 11 is 1.79. The van der Waals surface area contributed by atoms with Crippen LogP contribution in [0.15, 0.2) is 29.2 Å². The molecule has 1 aromatic carbocycles. The standard InChI is InChI=1S/C14H22N2S/c1-14(2)9-12(10-15-14)16(3)11-5-7-13(17-4)8-6-11/h5-8,12,15H,9-10H2,1-4H3. The maximum atomic E-state index is 3.57. The maximum Gasteiger partial charge on any atom is 0.0428 e. The molecule has 2 nitrogen and oxygen atoms in total. The Balaban J connectivity index is 2.06. The highest BCUT2D eigenvalue weighted by molar-refractivity contribution is 7.98. The van der Waals surface area contributed by atoms with Gasteiger partial charge in [-0.1, -0.05) is 0 Å². The Bertz CT molecular complexity index is 372. The lowest BCUT2D eigenvalue weighted by molar-refractivity contribution is 0.454. The van der Waals surface area contributed by atoms with E-state index < -0.39 is 0 Å². The van der Waals surface area contributed by atoms with Crippen molar-refractivity contribution in [2.75, 3.05) is 24.7 Å². The van der Waals surface area contributed by atoms with E-state index in [-0.39, 0.29) is 5.54 Å². The lowest BCUT2D eigenvalue weighted by Crippen LogP contribution is -2.33. The van der Waals surface area contributed by atoms with E-state index in [0.29, 0.717) is 6.04 Å². The molecule has 0 spiro atoms. The van der Waals surface area contributed by atoms with E-state index in [2.05, 4.69) is 61.6 Å². The van der Waals surface area contributed by atoms with Crippen LogP contribution in [0, 0.1) is 0 Å². The minimum absolute atomic E-state index is 0.276. The molecular formula is C14H22N2S. The first-order valence-corrected chi connectivity index (χ1v) is 7.36. The van der Waals surface area contributed by atoms with Gasteiger partial charge < -0.3 is 10.2 Å². The number of benzene rings is 1. The summed E-state index contributed by atoms with van der Waals surface area (Å²) in [4.78, 5) is 3.72. The van der Waals surface area contributed by atoms with Crippen molar-refractivity contribution in [2.45, 2.75) is 36.7 Å². The lowest BCUT2D eigenvalue weighted by atomic mass is 10.0. The van der Waals surface area contributed by atoms with Crippen LogP contribution in [0.3, 0.4) is 0 Å². The molecule has 1 aliphatic heterocycles. The number of rotatable bonds is 3. The number of hydrogen-bond acceptors (Lipinski definition) is 3. The molecule has 0 saturated carbocycles. The van der Waals surface area contributed by atoms with Gasteiger partial charge in [0.15, 0.2) is 0 Å². The summed E-state index contributed by atoms with van der Waals surface area (Å²) in [6.07, 6.45) is 3.32. The average molecular weight is 250 g/mol. The Morgan fingerprint density at radius 3 is 2.41 bits per heavy atom. The number of anilines is 1. The summed E-state index contributed by atoms with van der Waals surface area (Å²) in [5.41, 5.74) is 1.59. The van der Waals surface area contributed by atoms with Gasteiger partial charge in [-0.3, -0.25) is 0 Å². The molecule has 0 amide bonds. The molecule has 0 bridgehead atoms. The Kier molecular flexibility index (Phi) is 3.69. The Labute approximate surface area is 109 Å². The molecule has 1 saturated heterocycles. The Morgan fingerprint density at radius 2 is 1.94 bits per heavy atom. The third-order valence-electron chi connectivity index (χ3n) is 3.59. The smallest absolute Gasteiger partial charge is 0.0428 e. The number of likely N-dealkylation sites (N-methyl/N-ethyl adjacent to an activating group) is 1. The molecule has 0 aromatic heterocycles. The molecule has 1 aromatic rings. The summed E-state index contributed by atoms with van der Waals surface area (Å²) in [6.45, 7) is 5.63. The molecule has 1 unspecified atom stereocenters. The quantitative estimate of drug-likeness (QED) is 0.830. The van der Waals surface area contributed by atoms with Gasteiger partial charge in [-0.15, -0.1) is 11.8 Å². The molecule has 94 valence electrons. The molecular weight excluding hydrogens is 228 g/mol. The van der Waals surface area contributed by atoms with E-state index in [1.54, 1.807) is 11.8 Å². The third kappa shape index (κ3) is 2.96. The Hall–Kier alpha value is -0.670. The van der Waals surface area contributed by atoms with E-state index in [1.807, 2.05) is 0 Å². The summed E-state index contributed by atoms with van der Waals surface area (Å²) in [7, 11) is 2.20. The van der Waals surface area contributed by atoms with E-state index in [4.69, 9.17) is 0 Å². The number of thioether (sulfide) groups is 1. The van der Waals surface area contributed by atoms with Crippen LogP contribution in [0.25, 0.3) is 0 Å². The van der Waals surface area contributed by atoms with E-state index in [9.17, 15) is 0 Å². The predicted octanol–water partition coefficient (Wildman–Crippen LogP) is 2.99. The van der Waals surface area contributed by atoms with Gasteiger partial charge in [0, 0.05) is 35.8 Å². The molecule has 0 aliphatic carbocycles. The first kappa shape index (κ1) is 12.8. The number of nitrogens with one attached hydrogen (secondary N) is 1. The molecule has 3 heteroatoms. The fraction of sp³-hybridized carbons (Fsp3) is 0.571. The number of nitrogens with zero attached hydrogens (tertiary/aromatic N) is 1. The van der Waals surface area contributed by atoms with Gasteiger partial charge in [0.2, 0.25) is 0 Å². The van der Waals surface area contributed by atoms with Crippen molar-refractivity contribution in [1.29, 1.82) is 0 Å². The van der Waals surface area contributed by atoms with Crippen molar-refractivity contribution in [1.82, 2.24) is 5.32 Å². The summed E-state index contributed by atoms with van der Waals surface area (Å²) in [5, 5.41) is 3.57. The van der Waals surface area contributed by atoms with Gasteiger partial charge in [0.05, 0.1) is 0 Å². The molecule has 1 atom stereocenters. The Morgan fingerprint density at radius 1 is 1.29 bits per heavy atom. The van der Waals surface area contributed by atoms with Crippen LogP contribution in [0.5, 0.6) is 0 Å². The van der Waals surface area contributed by atoms with Crippen LogP contribution < -0.4 is 10.2 Å². The zero-order chi connectivity index (χ0) is 12.5. The zero-order valence-electron chi connectivity index (χ0n) is 11.2. The second kappa shape index (κ2) is 4.91. The SMILES string of the molecule is CSc1ccc(N(C)C2CNC(C)(C)C2)cc1. The normalized spacial score (nSPS) is 22.7. The molecule has 1 heterocycles. The molecule has 2 rings (SSSR count). The van der Waals surface area contributed by atoms with Gasteiger partial charge in [0.25, 0.3) is 0 Å². The van der Waals surface area contributed by atoms with E-state index in [0.717, 1.165) is 6.54 Å². The first-order chi connectivity index (χ1) is 8.02. The summed E-state index contributed by atoms with van der Waals surface area (Å²) < 4.78 is 0. The molecule has 1 N–H and O–H groups in total. The minimum atomic E-state index is 0.276. The largest absolute Gasteiger partial charge is 0.370 e. The molecule has 0 radical (unpaired) electrons. The monoisotopic (exact) mass is 250 g/mol. The maximum absolute atomic E-state index is 3.57. The van der Waals surface area contributed by atoms with Crippen molar-refractivity contribution in [3.8, 4) is 0 Å².